The molecule has 0 amide bonds. The van der Waals surface area contributed by atoms with E-state index in [0.29, 0.717) is 6.07 Å². The zero-order valence-corrected chi connectivity index (χ0v) is 8.54. The molecule has 0 saturated carbocycles. The minimum Gasteiger partial charge on any atom is -0.376 e. The van der Waals surface area contributed by atoms with Crippen molar-refractivity contribution >= 4 is 11.4 Å². The molecule has 1 rings (SSSR count). The third-order valence-corrected chi connectivity index (χ3v) is 1.97. The summed E-state index contributed by atoms with van der Waals surface area (Å²) in [6.45, 7) is 1.84. The molecule has 0 radical (unpaired) electrons. The Morgan fingerprint density at radius 1 is 1.56 bits per heavy atom. The number of hydrogen-bond acceptors (Lipinski definition) is 4. The standard InChI is InChI=1S/C9H11F2N3O2/c1-5(4-12)13-8-3-6(10)2-7(11)9(8)14(15)16/h2-3,5,13H,4,12H2,1H3. The molecule has 0 spiro atoms. The van der Waals surface area contributed by atoms with E-state index < -0.39 is 22.2 Å². The number of nitro groups is 1. The van der Waals surface area contributed by atoms with E-state index in [9.17, 15) is 18.9 Å². The Morgan fingerprint density at radius 3 is 2.69 bits per heavy atom. The van der Waals surface area contributed by atoms with Crippen molar-refractivity contribution in [3.05, 3.63) is 33.9 Å². The van der Waals surface area contributed by atoms with Gasteiger partial charge in [0.25, 0.3) is 0 Å². The monoisotopic (exact) mass is 231 g/mol. The summed E-state index contributed by atoms with van der Waals surface area (Å²) in [6, 6.07) is 1.02. The van der Waals surface area contributed by atoms with Crippen LogP contribution >= 0.6 is 0 Å². The maximum absolute atomic E-state index is 13.2. The predicted molar refractivity (Wildman–Crippen MR) is 55.2 cm³/mol. The smallest absolute Gasteiger partial charge is 0.327 e. The number of hydrogen-bond donors (Lipinski definition) is 2. The fraction of sp³-hybridized carbons (Fsp3) is 0.333. The van der Waals surface area contributed by atoms with Gasteiger partial charge in [0.05, 0.1) is 4.92 Å². The fourth-order valence-electron chi connectivity index (χ4n) is 1.19. The van der Waals surface area contributed by atoms with Crippen LogP contribution in [0.15, 0.2) is 12.1 Å². The van der Waals surface area contributed by atoms with Crippen LogP contribution in [0.3, 0.4) is 0 Å². The van der Waals surface area contributed by atoms with Crippen molar-refractivity contribution in [3.63, 3.8) is 0 Å². The zero-order chi connectivity index (χ0) is 12.3. The Balaban J connectivity index is 3.19. The van der Waals surface area contributed by atoms with E-state index in [1.807, 2.05) is 0 Å². The SMILES string of the molecule is CC(CN)Nc1cc(F)cc(F)c1[N+](=O)[O-]. The Labute approximate surface area is 90.4 Å². The molecule has 0 aliphatic rings. The zero-order valence-electron chi connectivity index (χ0n) is 8.54. The lowest BCUT2D eigenvalue weighted by molar-refractivity contribution is -0.386. The van der Waals surface area contributed by atoms with Gasteiger partial charge >= 0.3 is 5.69 Å². The number of halogens is 2. The van der Waals surface area contributed by atoms with Gasteiger partial charge in [0.15, 0.2) is 0 Å². The van der Waals surface area contributed by atoms with E-state index in [-0.39, 0.29) is 18.3 Å². The fourth-order valence-corrected chi connectivity index (χ4v) is 1.19. The van der Waals surface area contributed by atoms with Gasteiger partial charge in [0.1, 0.15) is 11.5 Å². The molecule has 0 aromatic heterocycles. The summed E-state index contributed by atoms with van der Waals surface area (Å²) >= 11 is 0. The second-order valence-electron chi connectivity index (χ2n) is 3.32. The first kappa shape index (κ1) is 12.3. The van der Waals surface area contributed by atoms with E-state index in [1.165, 1.54) is 0 Å². The second kappa shape index (κ2) is 4.84. The quantitative estimate of drug-likeness (QED) is 0.609. The van der Waals surface area contributed by atoms with Crippen molar-refractivity contribution in [2.75, 3.05) is 11.9 Å². The van der Waals surface area contributed by atoms with Gasteiger partial charge in [-0.3, -0.25) is 10.1 Å². The minimum atomic E-state index is -1.21. The van der Waals surface area contributed by atoms with Crippen LogP contribution in [0.25, 0.3) is 0 Å². The summed E-state index contributed by atoms with van der Waals surface area (Å²) in [5.74, 6) is -2.09. The topological polar surface area (TPSA) is 81.2 Å². The number of nitro benzene ring substituents is 1. The lowest BCUT2D eigenvalue weighted by Gasteiger charge is -2.13. The molecular formula is C9H11F2N3O2. The molecule has 0 saturated heterocycles. The van der Waals surface area contributed by atoms with E-state index in [1.54, 1.807) is 6.92 Å². The van der Waals surface area contributed by atoms with Crippen molar-refractivity contribution in [3.8, 4) is 0 Å². The number of rotatable bonds is 4. The van der Waals surface area contributed by atoms with Gasteiger partial charge in [-0.25, -0.2) is 4.39 Å². The molecule has 0 aliphatic carbocycles. The highest BCUT2D eigenvalue weighted by Crippen LogP contribution is 2.29. The van der Waals surface area contributed by atoms with E-state index in [2.05, 4.69) is 5.32 Å². The first-order valence-electron chi connectivity index (χ1n) is 4.55. The van der Waals surface area contributed by atoms with Crippen LogP contribution in [0, 0.1) is 21.7 Å². The molecule has 1 atom stereocenters. The largest absolute Gasteiger partial charge is 0.376 e. The molecule has 0 bridgehead atoms. The molecule has 0 heterocycles. The van der Waals surface area contributed by atoms with Gasteiger partial charge < -0.3 is 11.1 Å². The number of nitrogens with two attached hydrogens (primary N) is 1. The number of anilines is 1. The predicted octanol–water partition coefficient (Wildman–Crippen LogP) is 1.63. The van der Waals surface area contributed by atoms with Gasteiger partial charge in [-0.15, -0.1) is 0 Å². The third-order valence-electron chi connectivity index (χ3n) is 1.97. The molecule has 0 aliphatic heterocycles. The first-order chi connectivity index (χ1) is 7.45. The highest BCUT2D eigenvalue weighted by Gasteiger charge is 2.22. The highest BCUT2D eigenvalue weighted by molar-refractivity contribution is 5.62. The van der Waals surface area contributed by atoms with Crippen LogP contribution in [0.5, 0.6) is 0 Å². The Kier molecular flexibility index (Phi) is 3.73. The van der Waals surface area contributed by atoms with Crippen LogP contribution in [-0.2, 0) is 0 Å². The van der Waals surface area contributed by atoms with Gasteiger partial charge in [0.2, 0.25) is 5.82 Å². The lowest BCUT2D eigenvalue weighted by Crippen LogP contribution is -2.25. The van der Waals surface area contributed by atoms with Gasteiger partial charge in [-0.1, -0.05) is 0 Å². The Bertz CT molecular complexity index is 412. The molecule has 7 heteroatoms. The Morgan fingerprint density at radius 2 is 2.19 bits per heavy atom. The van der Waals surface area contributed by atoms with Crippen molar-refractivity contribution in [2.24, 2.45) is 5.73 Å². The molecule has 1 aromatic rings. The van der Waals surface area contributed by atoms with Crippen LogP contribution in [0.2, 0.25) is 0 Å². The van der Waals surface area contributed by atoms with Crippen molar-refractivity contribution < 1.29 is 13.7 Å². The third kappa shape index (κ3) is 2.63. The molecular weight excluding hydrogens is 220 g/mol. The van der Waals surface area contributed by atoms with Gasteiger partial charge in [0, 0.05) is 24.7 Å². The number of nitrogens with zero attached hydrogens (tertiary/aromatic N) is 1. The molecule has 3 N–H and O–H groups in total. The Hall–Kier alpha value is -1.76. The lowest BCUT2D eigenvalue weighted by atomic mass is 10.2. The highest BCUT2D eigenvalue weighted by atomic mass is 19.1. The average molecular weight is 231 g/mol. The van der Waals surface area contributed by atoms with Crippen molar-refractivity contribution in [1.29, 1.82) is 0 Å². The molecule has 0 fully saturated rings. The number of benzene rings is 1. The van der Waals surface area contributed by atoms with Gasteiger partial charge in [-0.05, 0) is 6.92 Å². The van der Waals surface area contributed by atoms with Crippen LogP contribution in [-0.4, -0.2) is 17.5 Å². The summed E-state index contributed by atoms with van der Waals surface area (Å²) in [6.07, 6.45) is 0. The molecule has 1 aromatic carbocycles. The molecule has 16 heavy (non-hydrogen) atoms. The molecule has 88 valence electrons. The molecule has 1 unspecified atom stereocenters. The molecule has 5 nitrogen and oxygen atoms in total. The van der Waals surface area contributed by atoms with E-state index in [0.717, 1.165) is 6.07 Å². The maximum Gasteiger partial charge on any atom is 0.327 e. The van der Waals surface area contributed by atoms with Crippen LogP contribution in [0.4, 0.5) is 20.2 Å². The van der Waals surface area contributed by atoms with E-state index in [4.69, 9.17) is 5.73 Å². The van der Waals surface area contributed by atoms with Crippen molar-refractivity contribution in [2.45, 2.75) is 13.0 Å². The van der Waals surface area contributed by atoms with E-state index >= 15 is 0 Å². The maximum atomic E-state index is 13.2. The van der Waals surface area contributed by atoms with Gasteiger partial charge in [-0.2, -0.15) is 4.39 Å². The first-order valence-corrected chi connectivity index (χ1v) is 4.55. The summed E-state index contributed by atoms with van der Waals surface area (Å²) < 4.78 is 26.1. The second-order valence-corrected chi connectivity index (χ2v) is 3.32. The average Bonchev–Trinajstić information content (AvgIpc) is 2.15. The summed E-state index contributed by atoms with van der Waals surface area (Å²) in [5.41, 5.74) is 4.32. The normalized spacial score (nSPS) is 12.2. The number of nitrogens with one attached hydrogen (secondary N) is 1. The van der Waals surface area contributed by atoms with Crippen LogP contribution in [0.1, 0.15) is 6.92 Å². The summed E-state index contributed by atoms with van der Waals surface area (Å²) in [4.78, 5) is 9.69. The minimum absolute atomic E-state index is 0.190. The van der Waals surface area contributed by atoms with Crippen LogP contribution < -0.4 is 11.1 Å². The van der Waals surface area contributed by atoms with Crippen molar-refractivity contribution in [1.82, 2.24) is 0 Å². The summed E-state index contributed by atoms with van der Waals surface area (Å²) in [7, 11) is 0. The summed E-state index contributed by atoms with van der Waals surface area (Å²) in [5, 5.41) is 13.2.